The Bertz CT molecular complexity index is 2660. The van der Waals surface area contributed by atoms with Gasteiger partial charge in [-0.2, -0.15) is 0 Å². The van der Waals surface area contributed by atoms with Crippen LogP contribution >= 0.6 is 0 Å². The third-order valence-corrected chi connectivity index (χ3v) is 13.5. The molecule has 2 aliphatic rings. The van der Waals surface area contributed by atoms with Crippen LogP contribution in [-0.4, -0.2) is 8.80 Å². The van der Waals surface area contributed by atoms with Crippen LogP contribution in [0.2, 0.25) is 13.1 Å². The zero-order valence-electron chi connectivity index (χ0n) is 30.9. The molecule has 258 valence electrons. The predicted octanol–water partition coefficient (Wildman–Crippen LogP) is 12.8. The molecule has 0 saturated heterocycles. The molecule has 0 amide bonds. The highest BCUT2D eigenvalue weighted by Crippen LogP contribution is 2.64. The van der Waals surface area contributed by atoms with Gasteiger partial charge in [0.1, 0.15) is 0 Å². The fourth-order valence-electron chi connectivity index (χ4n) is 9.46. The lowest BCUT2D eigenvalue weighted by molar-refractivity contribution is 0.794. The second kappa shape index (κ2) is 12.7. The first-order valence-corrected chi connectivity index (χ1v) is 22.0. The van der Waals surface area contributed by atoms with Crippen LogP contribution in [0.15, 0.2) is 188 Å². The van der Waals surface area contributed by atoms with E-state index in [1.807, 2.05) is 0 Å². The summed E-state index contributed by atoms with van der Waals surface area (Å²) in [5, 5.41) is 1.48. The van der Waals surface area contributed by atoms with E-state index in [0.29, 0.717) is 0 Å². The maximum Gasteiger partial charge on any atom is 0.0726 e. The Morgan fingerprint density at radius 1 is 0.407 bits per heavy atom. The quantitative estimate of drug-likeness (QED) is 0.156. The first-order chi connectivity index (χ1) is 26.6. The normalized spacial score (nSPS) is 13.0. The van der Waals surface area contributed by atoms with Crippen molar-refractivity contribution >= 4 is 31.0 Å². The van der Waals surface area contributed by atoms with Crippen LogP contribution in [0.3, 0.4) is 0 Å². The lowest BCUT2D eigenvalue weighted by Crippen LogP contribution is -2.27. The van der Waals surface area contributed by atoms with E-state index in [4.69, 9.17) is 0 Å². The average molecular weight is 708 g/mol. The van der Waals surface area contributed by atoms with Crippen LogP contribution in [-0.2, 0) is 5.41 Å². The van der Waals surface area contributed by atoms with Gasteiger partial charge in [0, 0.05) is 16.9 Å². The van der Waals surface area contributed by atoms with E-state index in [1.165, 1.54) is 88.9 Å². The molecular formula is C52H41NSi. The minimum absolute atomic E-state index is 0.400. The van der Waals surface area contributed by atoms with Crippen molar-refractivity contribution in [3.63, 3.8) is 0 Å². The SMILES string of the molecule is Cc1ccccc1-c1ccc(N(c2ccc(-c3ccccc3)cc2)c2cccc3c2-c2ccccc2C32c3ccccc3-c3ccccc32)cc1[SiH](C)C. The molecule has 0 heterocycles. The molecule has 1 nitrogen and oxygen atoms in total. The molecule has 10 rings (SSSR count). The van der Waals surface area contributed by atoms with E-state index in [2.05, 4.69) is 213 Å². The summed E-state index contributed by atoms with van der Waals surface area (Å²) in [7, 11) is -1.26. The average Bonchev–Trinajstić information content (AvgIpc) is 3.70. The van der Waals surface area contributed by atoms with Crippen molar-refractivity contribution in [1.29, 1.82) is 0 Å². The Morgan fingerprint density at radius 3 is 1.57 bits per heavy atom. The Morgan fingerprint density at radius 2 is 0.926 bits per heavy atom. The maximum atomic E-state index is 2.53. The summed E-state index contributed by atoms with van der Waals surface area (Å²) in [6.07, 6.45) is 0. The number of fused-ring (bicyclic) bond motifs is 10. The highest BCUT2D eigenvalue weighted by molar-refractivity contribution is 6.72. The maximum absolute atomic E-state index is 2.53. The molecule has 54 heavy (non-hydrogen) atoms. The van der Waals surface area contributed by atoms with Crippen molar-refractivity contribution < 1.29 is 0 Å². The molecule has 2 aliphatic carbocycles. The summed E-state index contributed by atoms with van der Waals surface area (Å²) in [6, 6.07) is 70.2. The summed E-state index contributed by atoms with van der Waals surface area (Å²) in [5.74, 6) is 0. The number of nitrogens with zero attached hydrogens (tertiary/aromatic N) is 1. The molecule has 0 saturated carbocycles. The smallest absolute Gasteiger partial charge is 0.0726 e. The minimum Gasteiger partial charge on any atom is -0.310 e. The third-order valence-electron chi connectivity index (χ3n) is 11.8. The van der Waals surface area contributed by atoms with Gasteiger partial charge in [-0.3, -0.25) is 0 Å². The second-order valence-corrected chi connectivity index (χ2v) is 18.0. The lowest BCUT2D eigenvalue weighted by atomic mass is 9.70. The minimum atomic E-state index is -1.26. The first-order valence-electron chi connectivity index (χ1n) is 19.1. The number of anilines is 3. The standard InChI is InChI=1S/C52H41NSi/c1-35-16-7-8-19-40(35)43-33-32-39(34-50(43)54(2)3)53(38-30-28-37(29-31-38)36-17-5-4-6-18-36)49-27-15-26-48-51(49)44-22-11-14-25-47(44)52(48)45-23-12-9-20-41(45)42-21-10-13-24-46(42)52/h4-34,54H,1-3H3. The van der Waals surface area contributed by atoms with Crippen molar-refractivity contribution in [2.45, 2.75) is 25.4 Å². The van der Waals surface area contributed by atoms with Gasteiger partial charge in [-0.1, -0.05) is 176 Å². The summed E-state index contributed by atoms with van der Waals surface area (Å²) < 4.78 is 0. The van der Waals surface area contributed by atoms with Crippen molar-refractivity contribution in [1.82, 2.24) is 0 Å². The second-order valence-electron chi connectivity index (χ2n) is 15.1. The monoisotopic (exact) mass is 707 g/mol. The van der Waals surface area contributed by atoms with Crippen LogP contribution in [0.25, 0.3) is 44.5 Å². The topological polar surface area (TPSA) is 3.24 Å². The van der Waals surface area contributed by atoms with Gasteiger partial charge >= 0.3 is 0 Å². The van der Waals surface area contributed by atoms with Crippen LogP contribution in [0.5, 0.6) is 0 Å². The molecule has 0 fully saturated rings. The number of hydrogen-bond acceptors (Lipinski definition) is 1. The highest BCUT2D eigenvalue weighted by Gasteiger charge is 2.52. The fourth-order valence-corrected chi connectivity index (χ4v) is 10.8. The van der Waals surface area contributed by atoms with Gasteiger partial charge in [-0.15, -0.1) is 0 Å². The Hall–Kier alpha value is -6.22. The Labute approximate surface area is 320 Å². The molecule has 0 atom stereocenters. The Kier molecular flexibility index (Phi) is 7.64. The lowest BCUT2D eigenvalue weighted by Gasteiger charge is -2.32. The van der Waals surface area contributed by atoms with Gasteiger partial charge < -0.3 is 4.90 Å². The molecule has 0 unspecified atom stereocenters. The van der Waals surface area contributed by atoms with E-state index in [1.54, 1.807) is 0 Å². The van der Waals surface area contributed by atoms with E-state index < -0.39 is 14.2 Å². The van der Waals surface area contributed by atoms with Gasteiger partial charge in [0.25, 0.3) is 0 Å². The summed E-state index contributed by atoms with van der Waals surface area (Å²) in [6.45, 7) is 7.14. The van der Waals surface area contributed by atoms with E-state index >= 15 is 0 Å². The summed E-state index contributed by atoms with van der Waals surface area (Å²) in [5.41, 5.74) is 20.3. The third kappa shape index (κ3) is 4.77. The van der Waals surface area contributed by atoms with Gasteiger partial charge in [0.15, 0.2) is 0 Å². The van der Waals surface area contributed by atoms with E-state index in [0.717, 1.165) is 5.69 Å². The van der Waals surface area contributed by atoms with E-state index in [-0.39, 0.29) is 0 Å². The van der Waals surface area contributed by atoms with Gasteiger partial charge in [0.2, 0.25) is 0 Å². The van der Waals surface area contributed by atoms with Gasteiger partial charge in [-0.25, -0.2) is 0 Å². The van der Waals surface area contributed by atoms with Crippen LogP contribution < -0.4 is 10.1 Å². The molecule has 2 heteroatoms. The summed E-state index contributed by atoms with van der Waals surface area (Å²) >= 11 is 0. The molecular weight excluding hydrogens is 667 g/mol. The predicted molar refractivity (Wildman–Crippen MR) is 232 cm³/mol. The largest absolute Gasteiger partial charge is 0.310 e. The number of hydrogen-bond donors (Lipinski definition) is 0. The molecule has 8 aromatic carbocycles. The summed E-state index contributed by atoms with van der Waals surface area (Å²) in [4.78, 5) is 2.53. The molecule has 1 spiro atoms. The van der Waals surface area contributed by atoms with E-state index in [9.17, 15) is 0 Å². The van der Waals surface area contributed by atoms with Crippen LogP contribution in [0.4, 0.5) is 17.1 Å². The highest BCUT2D eigenvalue weighted by atomic mass is 28.3. The van der Waals surface area contributed by atoms with Crippen molar-refractivity contribution in [3.05, 3.63) is 216 Å². The van der Waals surface area contributed by atoms with Crippen molar-refractivity contribution in [3.8, 4) is 44.5 Å². The molecule has 0 radical (unpaired) electrons. The number of rotatable bonds is 6. The molecule has 8 aromatic rings. The zero-order valence-corrected chi connectivity index (χ0v) is 32.1. The van der Waals surface area contributed by atoms with Crippen LogP contribution in [0, 0.1) is 6.92 Å². The zero-order chi connectivity index (χ0) is 36.4. The molecule has 0 bridgehead atoms. The van der Waals surface area contributed by atoms with Crippen LogP contribution in [0.1, 0.15) is 27.8 Å². The number of benzene rings is 8. The van der Waals surface area contributed by atoms with Gasteiger partial charge in [0.05, 0.1) is 19.9 Å². The van der Waals surface area contributed by atoms with Crippen molar-refractivity contribution in [2.75, 3.05) is 4.90 Å². The first kappa shape index (κ1) is 32.4. The van der Waals surface area contributed by atoms with Gasteiger partial charge in [-0.05, 0) is 104 Å². The molecule has 0 N–H and O–H groups in total. The Balaban J connectivity index is 1.25. The molecule has 0 aliphatic heterocycles. The molecule has 0 aromatic heterocycles. The fraction of sp³-hybridized carbons (Fsp3) is 0.0769. The van der Waals surface area contributed by atoms with Crippen molar-refractivity contribution in [2.24, 2.45) is 0 Å². The number of aryl methyl sites for hydroxylation is 1.